The Kier molecular flexibility index (Phi) is 5.08. The monoisotopic (exact) mass is 331 g/mol. The van der Waals surface area contributed by atoms with Crippen LogP contribution < -0.4 is 9.64 Å². The molecule has 3 aromatic carbocycles. The van der Waals surface area contributed by atoms with E-state index in [0.29, 0.717) is 0 Å². The van der Waals surface area contributed by atoms with E-state index in [2.05, 4.69) is 92.4 Å². The summed E-state index contributed by atoms with van der Waals surface area (Å²) in [6.07, 6.45) is 0.992. The van der Waals surface area contributed by atoms with E-state index in [1.165, 1.54) is 16.7 Å². The number of hydrogen-bond donors (Lipinski definition) is 0. The first-order valence-corrected chi connectivity index (χ1v) is 8.72. The molecule has 25 heavy (non-hydrogen) atoms. The van der Waals surface area contributed by atoms with E-state index in [9.17, 15) is 0 Å². The molecule has 0 aliphatic carbocycles. The van der Waals surface area contributed by atoms with Gasteiger partial charge in [-0.2, -0.15) is 0 Å². The Balaban J connectivity index is 2.17. The van der Waals surface area contributed by atoms with Gasteiger partial charge in [0.15, 0.2) is 0 Å². The van der Waals surface area contributed by atoms with Gasteiger partial charge in [-0.15, -0.1) is 0 Å². The standard InChI is InChI=1S/C23H25NO/c1-5-19-10-15-22(23(16-19)25-4)24(20-11-6-17(2)7-12-20)21-13-8-18(3)9-14-21/h6-16H,5H2,1-4H3. The van der Waals surface area contributed by atoms with Gasteiger partial charge in [-0.3, -0.25) is 0 Å². The van der Waals surface area contributed by atoms with E-state index in [1.54, 1.807) is 7.11 Å². The van der Waals surface area contributed by atoms with Gasteiger partial charge in [0.25, 0.3) is 0 Å². The van der Waals surface area contributed by atoms with Crippen molar-refractivity contribution in [1.29, 1.82) is 0 Å². The normalized spacial score (nSPS) is 10.6. The average Bonchev–Trinajstić information content (AvgIpc) is 2.65. The number of ether oxygens (including phenoxy) is 1. The minimum Gasteiger partial charge on any atom is -0.495 e. The van der Waals surface area contributed by atoms with Crippen LogP contribution >= 0.6 is 0 Å². The van der Waals surface area contributed by atoms with E-state index >= 15 is 0 Å². The number of rotatable bonds is 5. The lowest BCUT2D eigenvalue weighted by atomic mass is 10.1. The Bertz CT molecular complexity index is 789. The first-order valence-electron chi connectivity index (χ1n) is 8.72. The average molecular weight is 331 g/mol. The molecule has 0 fully saturated rings. The van der Waals surface area contributed by atoms with Gasteiger partial charge in [0.05, 0.1) is 12.8 Å². The summed E-state index contributed by atoms with van der Waals surface area (Å²) in [4.78, 5) is 2.25. The third kappa shape index (κ3) is 3.69. The molecule has 0 aliphatic rings. The van der Waals surface area contributed by atoms with Crippen molar-refractivity contribution in [3.05, 3.63) is 83.4 Å². The van der Waals surface area contributed by atoms with Crippen molar-refractivity contribution >= 4 is 17.1 Å². The van der Waals surface area contributed by atoms with Gasteiger partial charge >= 0.3 is 0 Å². The maximum atomic E-state index is 5.72. The van der Waals surface area contributed by atoms with Crippen LogP contribution in [0.5, 0.6) is 5.75 Å². The second-order valence-corrected chi connectivity index (χ2v) is 6.37. The highest BCUT2D eigenvalue weighted by atomic mass is 16.5. The van der Waals surface area contributed by atoms with Crippen LogP contribution in [-0.4, -0.2) is 7.11 Å². The summed E-state index contributed by atoms with van der Waals surface area (Å²) in [6, 6.07) is 23.6. The molecule has 128 valence electrons. The fraction of sp³-hybridized carbons (Fsp3) is 0.217. The van der Waals surface area contributed by atoms with Crippen LogP contribution in [0.15, 0.2) is 66.7 Å². The minimum absolute atomic E-state index is 0.889. The molecule has 0 radical (unpaired) electrons. The zero-order valence-corrected chi connectivity index (χ0v) is 15.4. The maximum Gasteiger partial charge on any atom is 0.143 e. The molecule has 0 heterocycles. The number of methoxy groups -OCH3 is 1. The smallest absolute Gasteiger partial charge is 0.143 e. The summed E-state index contributed by atoms with van der Waals surface area (Å²) >= 11 is 0. The van der Waals surface area contributed by atoms with Crippen molar-refractivity contribution < 1.29 is 4.74 Å². The van der Waals surface area contributed by atoms with Gasteiger partial charge in [0, 0.05) is 11.4 Å². The van der Waals surface area contributed by atoms with E-state index in [4.69, 9.17) is 4.74 Å². The molecule has 0 aromatic heterocycles. The summed E-state index contributed by atoms with van der Waals surface area (Å²) in [5, 5.41) is 0. The Labute approximate surface area is 150 Å². The zero-order valence-electron chi connectivity index (χ0n) is 15.4. The van der Waals surface area contributed by atoms with Crippen molar-refractivity contribution in [3.8, 4) is 5.75 Å². The van der Waals surface area contributed by atoms with Crippen molar-refractivity contribution in [3.63, 3.8) is 0 Å². The molecule has 0 aliphatic heterocycles. The minimum atomic E-state index is 0.889. The number of hydrogen-bond acceptors (Lipinski definition) is 2. The summed E-state index contributed by atoms with van der Waals surface area (Å²) in [5.74, 6) is 0.889. The van der Waals surface area contributed by atoms with E-state index < -0.39 is 0 Å². The molecule has 0 bridgehead atoms. The highest BCUT2D eigenvalue weighted by Crippen LogP contribution is 2.40. The predicted molar refractivity (Wildman–Crippen MR) is 107 cm³/mol. The molecule has 2 heteroatoms. The van der Waals surface area contributed by atoms with Crippen molar-refractivity contribution in [2.45, 2.75) is 27.2 Å². The molecule has 0 amide bonds. The van der Waals surface area contributed by atoms with Crippen molar-refractivity contribution in [2.75, 3.05) is 12.0 Å². The molecule has 3 aromatic rings. The molecular formula is C23H25NO. The predicted octanol–water partition coefficient (Wildman–Crippen LogP) is 6.34. The lowest BCUT2D eigenvalue weighted by Gasteiger charge is -2.27. The summed E-state index contributed by atoms with van der Waals surface area (Å²) < 4.78 is 5.72. The van der Waals surface area contributed by atoms with Crippen LogP contribution in [0.3, 0.4) is 0 Å². The van der Waals surface area contributed by atoms with Crippen LogP contribution in [0.2, 0.25) is 0 Å². The molecule has 0 unspecified atom stereocenters. The van der Waals surface area contributed by atoms with Crippen molar-refractivity contribution in [1.82, 2.24) is 0 Å². The Morgan fingerprint density at radius 2 is 1.28 bits per heavy atom. The quantitative estimate of drug-likeness (QED) is 0.540. The van der Waals surface area contributed by atoms with Crippen LogP contribution in [0.4, 0.5) is 17.1 Å². The summed E-state index contributed by atoms with van der Waals surface area (Å²) in [6.45, 7) is 6.37. The van der Waals surface area contributed by atoms with Crippen LogP contribution in [-0.2, 0) is 6.42 Å². The highest BCUT2D eigenvalue weighted by Gasteiger charge is 2.16. The second kappa shape index (κ2) is 7.43. The molecule has 0 saturated heterocycles. The third-order valence-electron chi connectivity index (χ3n) is 4.48. The highest BCUT2D eigenvalue weighted by molar-refractivity contribution is 5.80. The molecule has 0 saturated carbocycles. The van der Waals surface area contributed by atoms with Gasteiger partial charge < -0.3 is 9.64 Å². The third-order valence-corrected chi connectivity index (χ3v) is 4.48. The van der Waals surface area contributed by atoms with Gasteiger partial charge in [-0.05, 0) is 62.2 Å². The number of anilines is 3. The fourth-order valence-corrected chi connectivity index (χ4v) is 2.94. The first-order chi connectivity index (χ1) is 12.1. The van der Waals surface area contributed by atoms with Crippen LogP contribution in [0.1, 0.15) is 23.6 Å². The maximum absolute atomic E-state index is 5.72. The summed E-state index contributed by atoms with van der Waals surface area (Å²) in [7, 11) is 1.74. The lowest BCUT2D eigenvalue weighted by molar-refractivity contribution is 0.415. The van der Waals surface area contributed by atoms with E-state index in [0.717, 1.165) is 29.2 Å². The molecule has 2 nitrogen and oxygen atoms in total. The summed E-state index contributed by atoms with van der Waals surface area (Å²) in [5.41, 5.74) is 7.07. The van der Waals surface area contributed by atoms with Crippen LogP contribution in [0, 0.1) is 13.8 Å². The zero-order chi connectivity index (χ0) is 17.8. The Morgan fingerprint density at radius 1 is 0.760 bits per heavy atom. The second-order valence-electron chi connectivity index (χ2n) is 6.37. The number of nitrogens with zero attached hydrogens (tertiary/aromatic N) is 1. The SMILES string of the molecule is CCc1ccc(N(c2ccc(C)cc2)c2ccc(C)cc2)c(OC)c1. The Hall–Kier alpha value is -2.74. The first kappa shape index (κ1) is 17.1. The number of benzene rings is 3. The topological polar surface area (TPSA) is 12.5 Å². The molecule has 0 N–H and O–H groups in total. The van der Waals surface area contributed by atoms with E-state index in [-0.39, 0.29) is 0 Å². The van der Waals surface area contributed by atoms with Gasteiger partial charge in [-0.25, -0.2) is 0 Å². The van der Waals surface area contributed by atoms with Gasteiger partial charge in [0.2, 0.25) is 0 Å². The van der Waals surface area contributed by atoms with Gasteiger partial charge in [0.1, 0.15) is 5.75 Å². The fourth-order valence-electron chi connectivity index (χ4n) is 2.94. The molecule has 0 spiro atoms. The largest absolute Gasteiger partial charge is 0.495 e. The van der Waals surface area contributed by atoms with E-state index in [1.807, 2.05) is 0 Å². The molecule has 0 atom stereocenters. The van der Waals surface area contributed by atoms with Crippen LogP contribution in [0.25, 0.3) is 0 Å². The molecular weight excluding hydrogens is 306 g/mol. The lowest BCUT2D eigenvalue weighted by Crippen LogP contribution is -2.11. The number of aryl methyl sites for hydroxylation is 3. The molecule has 3 rings (SSSR count). The van der Waals surface area contributed by atoms with Gasteiger partial charge in [-0.1, -0.05) is 48.4 Å². The van der Waals surface area contributed by atoms with Crippen molar-refractivity contribution in [2.24, 2.45) is 0 Å². The Morgan fingerprint density at radius 3 is 1.72 bits per heavy atom.